The molecule has 0 aliphatic carbocycles. The Morgan fingerprint density at radius 3 is 2.33 bits per heavy atom. The van der Waals surface area contributed by atoms with Gasteiger partial charge in [-0.05, 0) is 24.0 Å². The summed E-state index contributed by atoms with van der Waals surface area (Å²) in [5.41, 5.74) is 9.39. The highest BCUT2D eigenvalue weighted by Crippen LogP contribution is 2.22. The first-order chi connectivity index (χ1) is 8.63. The van der Waals surface area contributed by atoms with Gasteiger partial charge in [-0.25, -0.2) is 0 Å². The summed E-state index contributed by atoms with van der Waals surface area (Å²) in [6, 6.07) is 6.36. The fourth-order valence-corrected chi connectivity index (χ4v) is 1.93. The van der Waals surface area contributed by atoms with Crippen LogP contribution < -0.4 is 11.1 Å². The van der Waals surface area contributed by atoms with Crippen molar-refractivity contribution >= 4 is 11.5 Å². The first-order valence-corrected chi connectivity index (χ1v) is 6.46. The molecule has 0 spiro atoms. The quantitative estimate of drug-likeness (QED) is 0.314. The van der Waals surface area contributed by atoms with Crippen molar-refractivity contribution in [3.8, 4) is 0 Å². The minimum Gasteiger partial charge on any atom is -0.409 e. The van der Waals surface area contributed by atoms with Gasteiger partial charge in [-0.15, -0.1) is 0 Å². The van der Waals surface area contributed by atoms with Crippen LogP contribution in [0.25, 0.3) is 0 Å². The molecule has 18 heavy (non-hydrogen) atoms. The summed E-state index contributed by atoms with van der Waals surface area (Å²) in [6.45, 7) is 6.89. The van der Waals surface area contributed by atoms with Crippen LogP contribution in [0.4, 0.5) is 5.69 Å². The summed E-state index contributed by atoms with van der Waals surface area (Å²) in [5, 5.41) is 15.1. The highest BCUT2D eigenvalue weighted by molar-refractivity contribution is 5.82. The molecule has 0 saturated carbocycles. The number of anilines is 1. The molecule has 1 rings (SSSR count). The second kappa shape index (κ2) is 6.89. The molecule has 1 aromatic rings. The average Bonchev–Trinajstić information content (AvgIpc) is 2.43. The number of nitrogens with zero attached hydrogens (tertiary/aromatic N) is 1. The van der Waals surface area contributed by atoms with Crippen LogP contribution in [0.1, 0.15) is 31.9 Å². The maximum atomic E-state index is 8.64. The Balaban J connectivity index is 2.83. The SMILES string of the molecule is CCc1cccc(CC)c1NCC(C)/C(N)=N/O. The number of aryl methyl sites for hydroxylation is 2. The van der Waals surface area contributed by atoms with Gasteiger partial charge in [0.25, 0.3) is 0 Å². The molecular weight excluding hydrogens is 226 g/mol. The van der Waals surface area contributed by atoms with Crippen LogP contribution in [0.3, 0.4) is 0 Å². The fraction of sp³-hybridized carbons (Fsp3) is 0.500. The van der Waals surface area contributed by atoms with E-state index in [2.05, 4.69) is 42.5 Å². The number of nitrogens with one attached hydrogen (secondary N) is 1. The van der Waals surface area contributed by atoms with E-state index in [1.54, 1.807) is 0 Å². The maximum absolute atomic E-state index is 8.64. The molecule has 4 nitrogen and oxygen atoms in total. The molecule has 0 fully saturated rings. The largest absolute Gasteiger partial charge is 0.409 e. The van der Waals surface area contributed by atoms with E-state index in [9.17, 15) is 0 Å². The lowest BCUT2D eigenvalue weighted by Gasteiger charge is -2.18. The molecule has 1 atom stereocenters. The normalized spacial score (nSPS) is 13.4. The summed E-state index contributed by atoms with van der Waals surface area (Å²) < 4.78 is 0. The summed E-state index contributed by atoms with van der Waals surface area (Å²) in [6.07, 6.45) is 1.99. The van der Waals surface area contributed by atoms with Crippen molar-refractivity contribution in [1.82, 2.24) is 0 Å². The zero-order chi connectivity index (χ0) is 13.5. The molecule has 0 aliphatic rings. The van der Waals surface area contributed by atoms with Crippen LogP contribution in [-0.2, 0) is 12.8 Å². The molecule has 0 aliphatic heterocycles. The Bertz CT molecular complexity index is 393. The van der Waals surface area contributed by atoms with Crippen molar-refractivity contribution in [2.24, 2.45) is 16.8 Å². The number of hydrogen-bond acceptors (Lipinski definition) is 3. The standard InChI is InChI=1S/C14H23N3O/c1-4-11-7-6-8-12(5-2)13(11)16-9-10(3)14(15)17-18/h6-8,10,16,18H,4-5,9H2,1-3H3,(H2,15,17). The number of hydrogen-bond donors (Lipinski definition) is 3. The molecule has 0 saturated heterocycles. The molecule has 0 amide bonds. The topological polar surface area (TPSA) is 70.6 Å². The lowest BCUT2D eigenvalue weighted by molar-refractivity contribution is 0.315. The molecule has 1 unspecified atom stereocenters. The van der Waals surface area contributed by atoms with Gasteiger partial charge in [0.15, 0.2) is 0 Å². The first-order valence-electron chi connectivity index (χ1n) is 6.46. The van der Waals surface area contributed by atoms with Crippen molar-refractivity contribution < 1.29 is 5.21 Å². The van der Waals surface area contributed by atoms with Crippen LogP contribution >= 0.6 is 0 Å². The second-order valence-electron chi connectivity index (χ2n) is 4.47. The van der Waals surface area contributed by atoms with E-state index in [1.165, 1.54) is 16.8 Å². The second-order valence-corrected chi connectivity index (χ2v) is 4.47. The highest BCUT2D eigenvalue weighted by Gasteiger charge is 2.10. The molecule has 0 heterocycles. The van der Waals surface area contributed by atoms with Gasteiger partial charge in [0.1, 0.15) is 5.84 Å². The van der Waals surface area contributed by atoms with Gasteiger partial charge in [-0.1, -0.05) is 44.1 Å². The Labute approximate surface area is 109 Å². The Morgan fingerprint density at radius 2 is 1.89 bits per heavy atom. The molecule has 1 aromatic carbocycles. The van der Waals surface area contributed by atoms with Gasteiger partial charge >= 0.3 is 0 Å². The monoisotopic (exact) mass is 249 g/mol. The number of rotatable bonds is 6. The minimum atomic E-state index is 0.00428. The summed E-state index contributed by atoms with van der Waals surface area (Å²) in [7, 11) is 0. The van der Waals surface area contributed by atoms with Crippen molar-refractivity contribution in [1.29, 1.82) is 0 Å². The van der Waals surface area contributed by atoms with Crippen LogP contribution in [0.2, 0.25) is 0 Å². The number of nitrogens with two attached hydrogens (primary N) is 1. The lowest BCUT2D eigenvalue weighted by Crippen LogP contribution is -2.27. The summed E-state index contributed by atoms with van der Waals surface area (Å²) in [5.74, 6) is 0.263. The summed E-state index contributed by atoms with van der Waals surface area (Å²) in [4.78, 5) is 0. The molecule has 100 valence electrons. The van der Waals surface area contributed by atoms with Gasteiger partial charge in [-0.3, -0.25) is 0 Å². The Morgan fingerprint density at radius 1 is 1.33 bits per heavy atom. The Kier molecular flexibility index (Phi) is 5.49. The predicted molar refractivity (Wildman–Crippen MR) is 76.3 cm³/mol. The van der Waals surface area contributed by atoms with E-state index in [-0.39, 0.29) is 11.8 Å². The van der Waals surface area contributed by atoms with E-state index in [0.29, 0.717) is 6.54 Å². The van der Waals surface area contributed by atoms with Crippen LogP contribution in [0.15, 0.2) is 23.4 Å². The maximum Gasteiger partial charge on any atom is 0.143 e. The van der Waals surface area contributed by atoms with Crippen LogP contribution in [0, 0.1) is 5.92 Å². The van der Waals surface area contributed by atoms with Gasteiger partial charge < -0.3 is 16.3 Å². The smallest absolute Gasteiger partial charge is 0.143 e. The van der Waals surface area contributed by atoms with E-state index >= 15 is 0 Å². The summed E-state index contributed by atoms with van der Waals surface area (Å²) >= 11 is 0. The first kappa shape index (κ1) is 14.4. The zero-order valence-electron chi connectivity index (χ0n) is 11.4. The lowest BCUT2D eigenvalue weighted by atomic mass is 10.0. The van der Waals surface area contributed by atoms with Crippen molar-refractivity contribution in [3.63, 3.8) is 0 Å². The highest BCUT2D eigenvalue weighted by atomic mass is 16.4. The van der Waals surface area contributed by atoms with Gasteiger partial charge in [-0.2, -0.15) is 0 Å². The van der Waals surface area contributed by atoms with Crippen LogP contribution in [-0.4, -0.2) is 17.6 Å². The fourth-order valence-electron chi connectivity index (χ4n) is 1.93. The Hall–Kier alpha value is -1.71. The van der Waals surface area contributed by atoms with Crippen molar-refractivity contribution in [3.05, 3.63) is 29.3 Å². The predicted octanol–water partition coefficient (Wildman–Crippen LogP) is 2.61. The molecule has 4 heteroatoms. The molecule has 0 bridgehead atoms. The number of para-hydroxylation sites is 1. The van der Waals surface area contributed by atoms with E-state index in [0.717, 1.165) is 12.8 Å². The number of oxime groups is 1. The van der Waals surface area contributed by atoms with E-state index in [4.69, 9.17) is 10.9 Å². The third kappa shape index (κ3) is 3.39. The molecular formula is C14H23N3O. The number of amidine groups is 1. The third-order valence-electron chi connectivity index (χ3n) is 3.20. The molecule has 0 radical (unpaired) electrons. The van der Waals surface area contributed by atoms with Crippen molar-refractivity contribution in [2.75, 3.05) is 11.9 Å². The van der Waals surface area contributed by atoms with Crippen molar-refractivity contribution in [2.45, 2.75) is 33.6 Å². The average molecular weight is 249 g/mol. The van der Waals surface area contributed by atoms with E-state index < -0.39 is 0 Å². The minimum absolute atomic E-state index is 0.00428. The van der Waals surface area contributed by atoms with Crippen LogP contribution in [0.5, 0.6) is 0 Å². The van der Waals surface area contributed by atoms with Gasteiger partial charge in [0.05, 0.1) is 0 Å². The van der Waals surface area contributed by atoms with E-state index in [1.807, 2.05) is 6.92 Å². The zero-order valence-corrected chi connectivity index (χ0v) is 11.4. The van der Waals surface area contributed by atoms with Gasteiger partial charge in [0, 0.05) is 18.2 Å². The molecule has 0 aromatic heterocycles. The van der Waals surface area contributed by atoms with Gasteiger partial charge in [0.2, 0.25) is 0 Å². The molecule has 4 N–H and O–H groups in total. The number of benzene rings is 1. The third-order valence-corrected chi connectivity index (χ3v) is 3.20.